The van der Waals surface area contributed by atoms with Crippen LogP contribution in [0.2, 0.25) is 0 Å². The van der Waals surface area contributed by atoms with Crippen LogP contribution < -0.4 is 11.0 Å². The van der Waals surface area contributed by atoms with E-state index < -0.39 is 20.8 Å². The van der Waals surface area contributed by atoms with Crippen LogP contribution in [0.5, 0.6) is 0 Å². The van der Waals surface area contributed by atoms with Gasteiger partial charge in [-0.2, -0.15) is 0 Å². The van der Waals surface area contributed by atoms with Gasteiger partial charge < -0.3 is 0 Å². The molecule has 0 radical (unpaired) electrons. The number of aromatic nitrogens is 10. The molecule has 16 nitrogen and oxygen atoms in total. The maximum absolute atomic E-state index is 10.0. The minimum absolute atomic E-state index is 0.440. The normalized spacial score (nSPS) is 13.6. The number of rotatable bonds is 8. The number of amidine groups is 4. The van der Waals surface area contributed by atoms with Gasteiger partial charge in [0.05, 0.1) is 0 Å². The Bertz CT molecular complexity index is 9400. The van der Waals surface area contributed by atoms with Gasteiger partial charge in [-0.05, 0) is 0 Å². The van der Waals surface area contributed by atoms with E-state index in [9.17, 15) is 8.58 Å². The van der Waals surface area contributed by atoms with Crippen molar-refractivity contribution >= 4 is 216 Å². The predicted molar refractivity (Wildman–Crippen MR) is 532 cm³/mol. The average molecular weight is 1780 g/mol. The van der Waals surface area contributed by atoms with Crippen LogP contribution in [-0.4, -0.2) is 85.8 Å². The Balaban J connectivity index is 0.917. The fourth-order valence-electron chi connectivity index (χ4n) is 22.4. The molecule has 0 amide bonds. The van der Waals surface area contributed by atoms with E-state index in [0.717, 1.165) is 220 Å². The molecule has 0 unspecified atom stereocenters. The van der Waals surface area contributed by atoms with E-state index in [0.29, 0.717) is 46.0 Å². The molecular formula is C112H64ClInN16. The van der Waals surface area contributed by atoms with Crippen LogP contribution in [0.15, 0.2) is 419 Å². The van der Waals surface area contributed by atoms with E-state index in [1.54, 1.807) is 0 Å². The van der Waals surface area contributed by atoms with Crippen molar-refractivity contribution < 1.29 is 0 Å². The fourth-order valence-corrected chi connectivity index (χ4v) is 29.9. The van der Waals surface area contributed by atoms with E-state index >= 15 is 0 Å². The molecular weight excluding hydrogens is 1720 g/mol. The molecule has 6 bridgehead atoms. The SMILES string of the molecule is [Cl][In]1[n]2c3c4c(-n5ccc6ccccc65)c5ccccc5c(-n5ccc6ccccc65)c4c2N=C2N=C(N=c4c5c(-n6ccc7ccccc76)c6ccccc6c(-n6ccc7ccccc76)c5c([n]41)=NC1=NC(=N3)c3c1c(-n1ccc4ccccc41)c1ccccc1c3-n1ccc3ccccc31)c1c2c(-n2ccc3ccccc32)c2ccccc2c1-n1ccc2ccccc21. The summed E-state index contributed by atoms with van der Waals surface area (Å²) < 4.78 is 23.8. The Morgan fingerprint density at radius 1 is 0.177 bits per heavy atom. The van der Waals surface area contributed by atoms with E-state index in [1.165, 1.54) is 0 Å². The Morgan fingerprint density at radius 3 is 0.592 bits per heavy atom. The summed E-state index contributed by atoms with van der Waals surface area (Å²) in [6.07, 6.45) is 17.8. The standard InChI is InChI=1S/C112H64N16.ClH.In/c1-17-41-81-65(25-1)49-57-121(81)97-73-33-9-10-34-74(73)98(122-58-50-66-26-2-18-42-82(66)122)90-89(97)105-113-106(90)118-108-93-94(102(126-62-54-70-30-6-22-46-86(70)126)78-38-14-13-37-77(78)101(93)125-61-53-69-29-5-21-45-85(69)125)110(115-108)120-112-96-95(103(127-63-55-71-31-7-23-47-87(71)127)79-39-15-16-40-80(79)104(96)128-64-56-72-32-8-24-48-88(72)128)111(116-112)119-109-92-91(107(114-109)117-105)99(123-59-51-67-27-3-19-43-83(67)123)75-35-11-12-36-76(75)100(92)124-60-52-68-28-4-20-44-84(68)124;;/h1-64H;1H;/q-2;;+3/p-1. The minimum atomic E-state index is -5.29. The van der Waals surface area contributed by atoms with Crippen molar-refractivity contribution in [2.75, 3.05) is 0 Å². The topological polar surface area (TPSA) is 123 Å². The summed E-state index contributed by atoms with van der Waals surface area (Å²) in [4.78, 5) is 39.5. The van der Waals surface area contributed by atoms with E-state index in [-0.39, 0.29) is 0 Å². The van der Waals surface area contributed by atoms with Gasteiger partial charge in [0.2, 0.25) is 0 Å². The van der Waals surface area contributed by atoms with Crippen LogP contribution in [0, 0.1) is 0 Å². The van der Waals surface area contributed by atoms with Gasteiger partial charge in [0.25, 0.3) is 0 Å². The Hall–Kier alpha value is -16.6. The first kappa shape index (κ1) is 70.7. The molecule has 16 aromatic carbocycles. The van der Waals surface area contributed by atoms with Crippen molar-refractivity contribution in [3.05, 3.63) is 423 Å². The zero-order valence-electron chi connectivity index (χ0n) is 69.1. The Kier molecular flexibility index (Phi) is 14.3. The van der Waals surface area contributed by atoms with Gasteiger partial charge in [0.15, 0.2) is 0 Å². The molecule has 602 valence electrons. The first-order chi connectivity index (χ1) is 64.5. The predicted octanol–water partition coefficient (Wildman–Crippen LogP) is 25.3. The molecule has 4 aliphatic rings. The van der Waals surface area contributed by atoms with Crippen LogP contribution >= 0.6 is 8.58 Å². The summed E-state index contributed by atoms with van der Waals surface area (Å²) in [6.45, 7) is 0. The summed E-state index contributed by atoms with van der Waals surface area (Å²) in [5, 5.41) is 19.6. The summed E-state index contributed by atoms with van der Waals surface area (Å²) in [6, 6.07) is 123. The number of hydrogen-bond acceptors (Lipinski definition) is 6. The molecule has 10 aromatic heterocycles. The van der Waals surface area contributed by atoms with Gasteiger partial charge in [0.1, 0.15) is 0 Å². The number of aliphatic imine (C=N–C) groups is 4. The zero-order chi connectivity index (χ0) is 84.6. The van der Waals surface area contributed by atoms with Crippen molar-refractivity contribution in [3.63, 3.8) is 0 Å². The second-order valence-corrected chi connectivity index (χ2v) is 41.6. The Labute approximate surface area is 750 Å². The zero-order valence-corrected chi connectivity index (χ0v) is 73.1. The second-order valence-electron chi connectivity index (χ2n) is 34.2. The molecule has 0 spiro atoms. The van der Waals surface area contributed by atoms with Gasteiger partial charge in [-0.15, -0.1) is 0 Å². The van der Waals surface area contributed by atoms with Crippen LogP contribution in [0.4, 0.5) is 11.6 Å². The first-order valence-electron chi connectivity index (χ1n) is 43.9. The van der Waals surface area contributed by atoms with Crippen LogP contribution in [0.1, 0.15) is 22.3 Å². The van der Waals surface area contributed by atoms with Gasteiger partial charge in [-0.1, -0.05) is 0 Å². The number of benzene rings is 16. The summed E-state index contributed by atoms with van der Waals surface area (Å²) in [7, 11) is 10.0. The molecule has 0 aliphatic carbocycles. The number of nitrogens with zero attached hydrogens (tertiary/aromatic N) is 16. The molecule has 18 heteroatoms. The van der Waals surface area contributed by atoms with Gasteiger partial charge >= 0.3 is 756 Å². The van der Waals surface area contributed by atoms with E-state index in [4.69, 9.17) is 30.0 Å². The summed E-state index contributed by atoms with van der Waals surface area (Å²) in [5.41, 5.74) is 19.4. The summed E-state index contributed by atoms with van der Waals surface area (Å²) in [5.74, 6) is 2.88. The van der Waals surface area contributed by atoms with Gasteiger partial charge in [-0.3, -0.25) is 0 Å². The molecule has 130 heavy (non-hydrogen) atoms. The second kappa shape index (κ2) is 26.3. The third-order valence-electron chi connectivity index (χ3n) is 27.8. The van der Waals surface area contributed by atoms with Gasteiger partial charge in [-0.25, -0.2) is 0 Å². The average Bonchev–Trinajstić information content (AvgIpc) is 1.51. The quantitative estimate of drug-likeness (QED) is 0.144. The fraction of sp³-hybridized carbons (Fsp3) is 0. The molecule has 0 fully saturated rings. The monoisotopic (exact) mass is 1780 g/mol. The van der Waals surface area contributed by atoms with Gasteiger partial charge in [0, 0.05) is 0 Å². The molecule has 0 N–H and O–H groups in total. The molecule has 0 saturated heterocycles. The number of fused-ring (bicyclic) bond motifs is 26. The molecule has 30 rings (SSSR count). The van der Waals surface area contributed by atoms with Crippen molar-refractivity contribution in [1.29, 1.82) is 0 Å². The Morgan fingerprint density at radius 2 is 0.362 bits per heavy atom. The molecule has 0 saturated carbocycles. The van der Waals surface area contributed by atoms with Crippen molar-refractivity contribution in [1.82, 2.24) is 41.6 Å². The molecule has 26 aromatic rings. The van der Waals surface area contributed by atoms with E-state index in [2.05, 4.69) is 431 Å². The van der Waals surface area contributed by atoms with Crippen LogP contribution in [-0.2, 0) is 0 Å². The third kappa shape index (κ3) is 9.43. The number of halogens is 1. The van der Waals surface area contributed by atoms with Crippen LogP contribution in [0.25, 0.3) is 197 Å². The maximum atomic E-state index is 10.0. The number of para-hydroxylation sites is 8. The van der Waals surface area contributed by atoms with Crippen molar-refractivity contribution in [2.45, 2.75) is 0 Å². The third-order valence-corrected chi connectivity index (χ3v) is 35.6. The summed E-state index contributed by atoms with van der Waals surface area (Å²) >= 11 is -5.29. The van der Waals surface area contributed by atoms with E-state index in [1.807, 2.05) is 0 Å². The molecule has 4 aliphatic heterocycles. The molecule has 14 heterocycles. The van der Waals surface area contributed by atoms with Crippen molar-refractivity contribution in [3.8, 4) is 45.5 Å². The van der Waals surface area contributed by atoms with Crippen molar-refractivity contribution in [2.24, 2.45) is 30.0 Å². The first-order valence-corrected chi connectivity index (χ1v) is 51.0. The van der Waals surface area contributed by atoms with Crippen LogP contribution in [0.3, 0.4) is 0 Å². The number of hydrogen-bond donors (Lipinski definition) is 0. The molecule has 0 atom stereocenters.